The van der Waals surface area contributed by atoms with Gasteiger partial charge in [-0.15, -0.1) is 12.4 Å². The molecular formula is C5H14ClN4O2P. The minimum atomic E-state index is -3.43. The van der Waals surface area contributed by atoms with Gasteiger partial charge in [0.15, 0.2) is 0 Å². The summed E-state index contributed by atoms with van der Waals surface area (Å²) in [6, 6.07) is -0.598. The predicted octanol–water partition coefficient (Wildman–Crippen LogP) is -0.617. The molecule has 1 fully saturated rings. The van der Waals surface area contributed by atoms with Crippen LogP contribution >= 0.6 is 20.0 Å². The molecule has 1 heterocycles. The van der Waals surface area contributed by atoms with Crippen molar-refractivity contribution in [1.82, 2.24) is 4.67 Å². The van der Waals surface area contributed by atoms with Gasteiger partial charge in [-0.1, -0.05) is 0 Å². The zero-order chi connectivity index (χ0) is 9.35. The molecule has 1 atom stereocenters. The van der Waals surface area contributed by atoms with Gasteiger partial charge in [-0.25, -0.2) is 0 Å². The van der Waals surface area contributed by atoms with Crippen molar-refractivity contribution < 1.29 is 9.36 Å². The number of amides is 1. The van der Waals surface area contributed by atoms with Crippen LogP contribution in [0.4, 0.5) is 0 Å². The summed E-state index contributed by atoms with van der Waals surface area (Å²) in [5.41, 5.74) is 15.7. The molecule has 0 bridgehead atoms. The quantitative estimate of drug-likeness (QED) is 0.518. The summed E-state index contributed by atoms with van der Waals surface area (Å²) in [5.74, 6) is -0.408. The summed E-state index contributed by atoms with van der Waals surface area (Å²) >= 11 is 0. The summed E-state index contributed by atoms with van der Waals surface area (Å²) in [6.07, 6.45) is 1.31. The zero-order valence-corrected chi connectivity index (χ0v) is 8.76. The van der Waals surface area contributed by atoms with Crippen LogP contribution in [-0.4, -0.2) is 23.2 Å². The second-order valence-electron chi connectivity index (χ2n) is 2.88. The molecule has 8 heteroatoms. The van der Waals surface area contributed by atoms with Crippen molar-refractivity contribution in [3.8, 4) is 0 Å². The van der Waals surface area contributed by atoms with E-state index in [4.69, 9.17) is 16.7 Å². The first-order valence-corrected chi connectivity index (χ1v) is 5.47. The molecule has 6 nitrogen and oxygen atoms in total. The van der Waals surface area contributed by atoms with Gasteiger partial charge in [-0.05, 0) is 12.8 Å². The van der Waals surface area contributed by atoms with Crippen LogP contribution in [0.1, 0.15) is 12.8 Å². The third-order valence-corrected chi connectivity index (χ3v) is 2.99. The molecule has 0 aromatic carbocycles. The first kappa shape index (κ1) is 12.9. The van der Waals surface area contributed by atoms with Crippen LogP contribution in [0.15, 0.2) is 0 Å². The number of hydrogen-bond acceptors (Lipinski definition) is 3. The molecule has 1 amide bonds. The standard InChI is InChI=1S/C5H13N4O2P.ClH/c6-4-2-1-3-9(5(4)10)12(7,8)11;/h4H,1-3,6H2,(H4,7,8,11);1H. The maximum absolute atomic E-state index is 11.2. The van der Waals surface area contributed by atoms with Gasteiger partial charge in [-0.3, -0.25) is 25.0 Å². The van der Waals surface area contributed by atoms with E-state index in [0.717, 1.165) is 4.67 Å². The molecule has 0 saturated carbocycles. The number of carbonyl (C=O) groups excluding carboxylic acids is 1. The molecule has 1 rings (SSSR count). The van der Waals surface area contributed by atoms with Gasteiger partial charge in [0.1, 0.15) is 0 Å². The molecule has 6 N–H and O–H groups in total. The third-order valence-electron chi connectivity index (χ3n) is 1.83. The first-order chi connectivity index (χ1) is 5.43. The first-order valence-electron chi connectivity index (χ1n) is 3.67. The largest absolute Gasteiger partial charge is 0.320 e. The lowest BCUT2D eigenvalue weighted by molar-refractivity contribution is -0.129. The Morgan fingerprint density at radius 3 is 2.38 bits per heavy atom. The van der Waals surface area contributed by atoms with Crippen LogP contribution < -0.4 is 16.7 Å². The molecule has 13 heavy (non-hydrogen) atoms. The van der Waals surface area contributed by atoms with Crippen molar-refractivity contribution in [2.24, 2.45) is 16.7 Å². The number of piperidine rings is 1. The Labute approximate surface area is 82.7 Å². The van der Waals surface area contributed by atoms with Gasteiger partial charge in [0.05, 0.1) is 6.04 Å². The lowest BCUT2D eigenvalue weighted by atomic mass is 10.1. The Hall–Kier alpha value is -0.130. The smallest absolute Gasteiger partial charge is 0.302 e. The molecule has 1 aliphatic heterocycles. The highest BCUT2D eigenvalue weighted by molar-refractivity contribution is 7.57. The maximum Gasteiger partial charge on any atom is 0.302 e. The highest BCUT2D eigenvalue weighted by atomic mass is 35.5. The summed E-state index contributed by atoms with van der Waals surface area (Å²) in [6.45, 7) is 0.344. The molecule has 78 valence electrons. The topological polar surface area (TPSA) is 115 Å². The molecule has 0 aliphatic carbocycles. The number of rotatable bonds is 1. The number of halogens is 1. The Morgan fingerprint density at radius 1 is 1.46 bits per heavy atom. The van der Waals surface area contributed by atoms with Crippen molar-refractivity contribution in [1.29, 1.82) is 0 Å². The van der Waals surface area contributed by atoms with Crippen molar-refractivity contribution >= 4 is 25.9 Å². The van der Waals surface area contributed by atoms with Crippen LogP contribution in [0.25, 0.3) is 0 Å². The average Bonchev–Trinajstić information content (AvgIpc) is 1.92. The minimum Gasteiger partial charge on any atom is -0.320 e. The molecule has 1 aliphatic rings. The Bertz CT molecular complexity index is 243. The molecule has 1 saturated heterocycles. The van der Waals surface area contributed by atoms with Crippen molar-refractivity contribution in [3.63, 3.8) is 0 Å². The van der Waals surface area contributed by atoms with Crippen molar-refractivity contribution in [2.75, 3.05) is 6.54 Å². The molecule has 0 aromatic heterocycles. The number of carbonyl (C=O) groups is 1. The van der Waals surface area contributed by atoms with Crippen LogP contribution in [0.3, 0.4) is 0 Å². The van der Waals surface area contributed by atoms with E-state index in [0.29, 0.717) is 19.4 Å². The predicted molar refractivity (Wildman–Crippen MR) is 52.2 cm³/mol. The normalized spacial score (nSPS) is 24.1. The van der Waals surface area contributed by atoms with E-state index in [1.807, 2.05) is 0 Å². The molecule has 0 spiro atoms. The highest BCUT2D eigenvalue weighted by Gasteiger charge is 2.33. The monoisotopic (exact) mass is 228 g/mol. The molecule has 1 unspecified atom stereocenters. The van der Waals surface area contributed by atoms with Crippen LogP contribution in [0.5, 0.6) is 0 Å². The molecule has 0 aromatic rings. The van der Waals surface area contributed by atoms with E-state index in [1.165, 1.54) is 0 Å². The van der Waals surface area contributed by atoms with Crippen LogP contribution in [0.2, 0.25) is 0 Å². The van der Waals surface area contributed by atoms with Gasteiger partial charge >= 0.3 is 7.59 Å². The highest BCUT2D eigenvalue weighted by Crippen LogP contribution is 2.34. The van der Waals surface area contributed by atoms with E-state index in [2.05, 4.69) is 0 Å². The molecule has 0 radical (unpaired) electrons. The van der Waals surface area contributed by atoms with Crippen molar-refractivity contribution in [2.45, 2.75) is 18.9 Å². The Balaban J connectivity index is 0.00000144. The van der Waals surface area contributed by atoms with E-state index in [9.17, 15) is 9.36 Å². The number of nitrogens with zero attached hydrogens (tertiary/aromatic N) is 1. The summed E-state index contributed by atoms with van der Waals surface area (Å²) < 4.78 is 12.1. The van der Waals surface area contributed by atoms with E-state index in [-0.39, 0.29) is 12.4 Å². The fourth-order valence-corrected chi connectivity index (χ4v) is 2.11. The maximum atomic E-state index is 11.2. The second kappa shape index (κ2) is 4.39. The zero-order valence-electron chi connectivity index (χ0n) is 7.05. The minimum absolute atomic E-state index is 0. The number of nitrogens with two attached hydrogens (primary N) is 3. The molecular weight excluding hydrogens is 215 g/mol. The lowest BCUT2D eigenvalue weighted by Crippen LogP contribution is -2.48. The SMILES string of the molecule is Cl.NC1CCCN(P(N)(N)=O)C1=O. The summed E-state index contributed by atoms with van der Waals surface area (Å²) in [5, 5.41) is 0. The van der Waals surface area contributed by atoms with Gasteiger partial charge in [-0.2, -0.15) is 0 Å². The van der Waals surface area contributed by atoms with E-state index >= 15 is 0 Å². The van der Waals surface area contributed by atoms with Crippen molar-refractivity contribution in [3.05, 3.63) is 0 Å². The average molecular weight is 229 g/mol. The lowest BCUT2D eigenvalue weighted by Gasteiger charge is -2.32. The van der Waals surface area contributed by atoms with Crippen LogP contribution in [0, 0.1) is 0 Å². The Morgan fingerprint density at radius 2 is 2.00 bits per heavy atom. The fourth-order valence-electron chi connectivity index (χ4n) is 1.20. The second-order valence-corrected chi connectivity index (χ2v) is 4.71. The Kier molecular flexibility index (Phi) is 4.35. The van der Waals surface area contributed by atoms with Gasteiger partial charge in [0.25, 0.3) is 0 Å². The van der Waals surface area contributed by atoms with Crippen LogP contribution in [-0.2, 0) is 9.36 Å². The summed E-state index contributed by atoms with van der Waals surface area (Å²) in [4.78, 5) is 11.2. The van der Waals surface area contributed by atoms with Gasteiger partial charge in [0, 0.05) is 6.54 Å². The van der Waals surface area contributed by atoms with Gasteiger partial charge < -0.3 is 5.73 Å². The van der Waals surface area contributed by atoms with Gasteiger partial charge in [0.2, 0.25) is 5.91 Å². The summed E-state index contributed by atoms with van der Waals surface area (Å²) in [7, 11) is -3.43. The fraction of sp³-hybridized carbons (Fsp3) is 0.800. The third kappa shape index (κ3) is 2.93. The van der Waals surface area contributed by atoms with E-state index in [1.54, 1.807) is 0 Å². The number of hydrogen-bond donors (Lipinski definition) is 3. The van der Waals surface area contributed by atoms with E-state index < -0.39 is 19.5 Å².